The molecule has 0 aliphatic carbocycles. The Bertz CT molecular complexity index is 1110. The normalized spacial score (nSPS) is 19.8. The molecular formula is C26H28N4O2. The van der Waals surface area contributed by atoms with E-state index in [9.17, 15) is 9.90 Å². The van der Waals surface area contributed by atoms with Crippen molar-refractivity contribution in [3.8, 4) is 0 Å². The van der Waals surface area contributed by atoms with Gasteiger partial charge in [0.05, 0.1) is 30.4 Å². The first kappa shape index (κ1) is 20.6. The zero-order valence-electron chi connectivity index (χ0n) is 18.3. The fraction of sp³-hybridized carbons (Fsp3) is 0.346. The summed E-state index contributed by atoms with van der Waals surface area (Å²) in [5.41, 5.74) is 5.29. The zero-order valence-corrected chi connectivity index (χ0v) is 18.3. The van der Waals surface area contributed by atoms with Crippen LogP contribution in [0.2, 0.25) is 0 Å². The summed E-state index contributed by atoms with van der Waals surface area (Å²) in [6, 6.07) is 15.9. The van der Waals surface area contributed by atoms with E-state index in [1.165, 1.54) is 16.7 Å². The van der Waals surface area contributed by atoms with E-state index in [0.29, 0.717) is 25.2 Å². The van der Waals surface area contributed by atoms with Crippen molar-refractivity contribution in [2.45, 2.75) is 38.3 Å². The summed E-state index contributed by atoms with van der Waals surface area (Å²) in [5, 5.41) is 11.2. The van der Waals surface area contributed by atoms with Crippen LogP contribution >= 0.6 is 0 Å². The van der Waals surface area contributed by atoms with Gasteiger partial charge in [0.1, 0.15) is 5.69 Å². The van der Waals surface area contributed by atoms with E-state index in [1.54, 1.807) is 12.3 Å². The first-order valence-corrected chi connectivity index (χ1v) is 11.3. The number of aliphatic hydroxyl groups is 1. The number of carbonyl (C=O) groups excluding carboxylic acids is 1. The van der Waals surface area contributed by atoms with Crippen molar-refractivity contribution >= 4 is 17.1 Å². The van der Waals surface area contributed by atoms with Crippen molar-refractivity contribution in [3.05, 3.63) is 84.2 Å². The van der Waals surface area contributed by atoms with Crippen molar-refractivity contribution in [1.82, 2.24) is 19.4 Å². The predicted octanol–water partition coefficient (Wildman–Crippen LogP) is 4.07. The van der Waals surface area contributed by atoms with E-state index in [2.05, 4.69) is 45.7 Å². The predicted molar refractivity (Wildman–Crippen MR) is 124 cm³/mol. The Hall–Kier alpha value is -3.25. The number of allylic oxidation sites excluding steroid dienone is 2. The minimum Gasteiger partial charge on any atom is -0.393 e. The van der Waals surface area contributed by atoms with Gasteiger partial charge in [-0.3, -0.25) is 9.78 Å². The Morgan fingerprint density at radius 1 is 1.12 bits per heavy atom. The summed E-state index contributed by atoms with van der Waals surface area (Å²) in [6.07, 6.45) is 7.23. The van der Waals surface area contributed by atoms with Gasteiger partial charge in [0.25, 0.3) is 5.91 Å². The standard InChI is InChI=1S/C26H28N4O2/c1-18-23-16-27-17-30(23)22(25(18)20-7-3-2-4-8-20)15-24(31)19-10-13-29(14-11-19)26(32)21-9-5-6-12-28-21/h2-9,12,16-17,19,22,24,31H,10-11,13-15H2,1H3. The maximum atomic E-state index is 12.7. The van der Waals surface area contributed by atoms with E-state index < -0.39 is 6.10 Å². The highest BCUT2D eigenvalue weighted by atomic mass is 16.3. The minimum absolute atomic E-state index is 0.0256. The average molecular weight is 429 g/mol. The van der Waals surface area contributed by atoms with Gasteiger partial charge in [-0.1, -0.05) is 36.4 Å². The third-order valence-corrected chi connectivity index (χ3v) is 6.93. The Morgan fingerprint density at radius 3 is 2.59 bits per heavy atom. The summed E-state index contributed by atoms with van der Waals surface area (Å²) >= 11 is 0. The highest BCUT2D eigenvalue weighted by Crippen LogP contribution is 2.45. The summed E-state index contributed by atoms with van der Waals surface area (Å²) in [6.45, 7) is 3.45. The molecule has 32 heavy (non-hydrogen) atoms. The molecular weight excluding hydrogens is 400 g/mol. The lowest BCUT2D eigenvalue weighted by Crippen LogP contribution is -2.41. The topological polar surface area (TPSA) is 71.2 Å². The number of likely N-dealkylation sites (tertiary alicyclic amines) is 1. The minimum atomic E-state index is -0.438. The van der Waals surface area contributed by atoms with Crippen LogP contribution in [-0.2, 0) is 0 Å². The van der Waals surface area contributed by atoms with Crippen LogP contribution in [0, 0.1) is 5.92 Å². The van der Waals surface area contributed by atoms with Gasteiger partial charge in [0.2, 0.25) is 0 Å². The number of hydrogen-bond acceptors (Lipinski definition) is 4. The number of piperidine rings is 1. The molecule has 2 atom stereocenters. The Balaban J connectivity index is 1.28. The molecule has 1 saturated heterocycles. The first-order valence-electron chi connectivity index (χ1n) is 11.3. The molecule has 164 valence electrons. The number of aliphatic hydroxyl groups excluding tert-OH is 1. The molecule has 6 nitrogen and oxygen atoms in total. The highest BCUT2D eigenvalue weighted by molar-refractivity contribution is 5.94. The van der Waals surface area contributed by atoms with Crippen LogP contribution in [0.3, 0.4) is 0 Å². The Morgan fingerprint density at radius 2 is 1.88 bits per heavy atom. The molecule has 3 aromatic rings. The van der Waals surface area contributed by atoms with E-state index in [4.69, 9.17) is 0 Å². The number of aromatic nitrogens is 3. The number of rotatable bonds is 5. The van der Waals surface area contributed by atoms with Crippen molar-refractivity contribution in [2.24, 2.45) is 5.92 Å². The molecule has 0 saturated carbocycles. The quantitative estimate of drug-likeness (QED) is 0.665. The van der Waals surface area contributed by atoms with Crippen LogP contribution in [0.5, 0.6) is 0 Å². The molecule has 6 heteroatoms. The van der Waals surface area contributed by atoms with Crippen LogP contribution in [0.15, 0.2) is 67.3 Å². The number of fused-ring (bicyclic) bond motifs is 1. The molecule has 2 unspecified atom stereocenters. The number of hydrogen-bond donors (Lipinski definition) is 1. The van der Waals surface area contributed by atoms with Crippen molar-refractivity contribution in [3.63, 3.8) is 0 Å². The lowest BCUT2D eigenvalue weighted by molar-refractivity contribution is 0.0400. The SMILES string of the molecule is CC1=C(c2ccccc2)C(CC(O)C2CCN(C(=O)c3ccccn3)CC2)n2cncc21. The molecule has 0 bridgehead atoms. The van der Waals surface area contributed by atoms with Crippen LogP contribution < -0.4 is 0 Å². The van der Waals surface area contributed by atoms with Gasteiger partial charge in [-0.2, -0.15) is 0 Å². The molecule has 4 heterocycles. The average Bonchev–Trinajstić information content (AvgIpc) is 3.43. The summed E-state index contributed by atoms with van der Waals surface area (Å²) in [4.78, 5) is 23.1. The molecule has 1 fully saturated rings. The maximum Gasteiger partial charge on any atom is 0.272 e. The first-order chi connectivity index (χ1) is 15.6. The highest BCUT2D eigenvalue weighted by Gasteiger charge is 2.35. The van der Waals surface area contributed by atoms with Crippen molar-refractivity contribution in [1.29, 1.82) is 0 Å². The number of amides is 1. The van der Waals surface area contributed by atoms with E-state index in [-0.39, 0.29) is 17.9 Å². The molecule has 2 aromatic heterocycles. The number of benzene rings is 1. The van der Waals surface area contributed by atoms with Gasteiger partial charge >= 0.3 is 0 Å². The molecule has 2 aliphatic rings. The largest absolute Gasteiger partial charge is 0.393 e. The summed E-state index contributed by atoms with van der Waals surface area (Å²) in [7, 11) is 0. The second-order valence-corrected chi connectivity index (χ2v) is 8.75. The van der Waals surface area contributed by atoms with Crippen LogP contribution in [0.25, 0.3) is 11.1 Å². The van der Waals surface area contributed by atoms with E-state index >= 15 is 0 Å². The molecule has 2 aliphatic heterocycles. The third kappa shape index (κ3) is 3.75. The van der Waals surface area contributed by atoms with Gasteiger partial charge in [-0.15, -0.1) is 0 Å². The van der Waals surface area contributed by atoms with Crippen molar-refractivity contribution in [2.75, 3.05) is 13.1 Å². The molecule has 1 amide bonds. The Kier molecular flexibility index (Phi) is 5.62. The van der Waals surface area contributed by atoms with Gasteiger partial charge in [-0.05, 0) is 60.9 Å². The van der Waals surface area contributed by atoms with Crippen molar-refractivity contribution < 1.29 is 9.90 Å². The zero-order chi connectivity index (χ0) is 22.1. The monoisotopic (exact) mass is 428 g/mol. The van der Waals surface area contributed by atoms with Gasteiger partial charge in [-0.25, -0.2) is 4.98 Å². The number of carbonyl (C=O) groups is 1. The molecule has 1 N–H and O–H groups in total. The number of pyridine rings is 1. The van der Waals surface area contributed by atoms with Crippen LogP contribution in [0.4, 0.5) is 0 Å². The van der Waals surface area contributed by atoms with Crippen LogP contribution in [0.1, 0.15) is 54.0 Å². The second kappa shape index (κ2) is 8.71. The van der Waals surface area contributed by atoms with Gasteiger partial charge in [0.15, 0.2) is 0 Å². The number of imidazole rings is 1. The van der Waals surface area contributed by atoms with E-state index in [1.807, 2.05) is 35.6 Å². The lowest BCUT2D eigenvalue weighted by Gasteiger charge is -2.35. The summed E-state index contributed by atoms with van der Waals surface area (Å²) < 4.78 is 2.20. The van der Waals surface area contributed by atoms with Gasteiger partial charge in [0, 0.05) is 19.3 Å². The molecule has 0 radical (unpaired) electrons. The van der Waals surface area contributed by atoms with E-state index in [0.717, 1.165) is 18.5 Å². The van der Waals surface area contributed by atoms with Crippen LogP contribution in [-0.4, -0.2) is 49.6 Å². The fourth-order valence-electron chi connectivity index (χ4n) is 5.19. The molecule has 0 spiro atoms. The molecule has 5 rings (SSSR count). The molecule has 1 aromatic carbocycles. The van der Waals surface area contributed by atoms with Gasteiger partial charge < -0.3 is 14.6 Å². The second-order valence-electron chi connectivity index (χ2n) is 8.75. The Labute approximate surface area is 188 Å². The summed E-state index contributed by atoms with van der Waals surface area (Å²) in [5.74, 6) is 0.148. The smallest absolute Gasteiger partial charge is 0.272 e. The lowest BCUT2D eigenvalue weighted by atomic mass is 9.85. The third-order valence-electron chi connectivity index (χ3n) is 6.93. The fourth-order valence-corrected chi connectivity index (χ4v) is 5.19. The maximum absolute atomic E-state index is 12.7. The number of nitrogens with zero attached hydrogens (tertiary/aromatic N) is 4.